The van der Waals surface area contributed by atoms with Gasteiger partial charge in [0.2, 0.25) is 0 Å². The summed E-state index contributed by atoms with van der Waals surface area (Å²) in [5.41, 5.74) is 9.93. The van der Waals surface area contributed by atoms with E-state index in [2.05, 4.69) is 0 Å². The average molecular weight is 326 g/mol. The molecule has 0 saturated heterocycles. The quantitative estimate of drug-likeness (QED) is 0.266. The number of aliphatic carboxylic acids is 4. The summed E-state index contributed by atoms with van der Waals surface area (Å²) in [5, 5.41) is 40.0. The van der Waals surface area contributed by atoms with Crippen LogP contribution in [0.1, 0.15) is 32.6 Å². The molecule has 0 bridgehead atoms. The molecule has 22 heavy (non-hydrogen) atoms. The third kappa shape index (κ3) is 36.1. The Kier molecular flexibility index (Phi) is 17.1. The third-order valence-corrected chi connectivity index (χ3v) is 1.66. The van der Waals surface area contributed by atoms with Gasteiger partial charge in [-0.3, -0.25) is 19.2 Å². The average Bonchev–Trinajstić information content (AvgIpc) is 2.35. The van der Waals surface area contributed by atoms with Crippen LogP contribution in [0.5, 0.6) is 0 Å². The van der Waals surface area contributed by atoms with Crippen LogP contribution >= 0.6 is 0 Å². The zero-order chi connectivity index (χ0) is 18.3. The van der Waals surface area contributed by atoms with E-state index in [4.69, 9.17) is 37.0 Å². The number of aliphatic hydroxyl groups excluding tert-OH is 1. The molecule has 0 rings (SSSR count). The maximum absolute atomic E-state index is 9.64. The third-order valence-electron chi connectivity index (χ3n) is 1.66. The summed E-state index contributed by atoms with van der Waals surface area (Å²) in [7, 11) is 0. The SMILES string of the molecule is CC(O)C(N)N.O=C(O)CCC(=O)O.O=C(O)CCC(=O)O. The van der Waals surface area contributed by atoms with Gasteiger partial charge in [-0.15, -0.1) is 0 Å². The first-order valence-electron chi connectivity index (χ1n) is 5.96. The molecule has 1 unspecified atom stereocenters. The van der Waals surface area contributed by atoms with Crippen LogP contribution in [0, 0.1) is 0 Å². The van der Waals surface area contributed by atoms with Gasteiger partial charge in [0.15, 0.2) is 0 Å². The summed E-state index contributed by atoms with van der Waals surface area (Å²) in [6.45, 7) is 1.55. The summed E-state index contributed by atoms with van der Waals surface area (Å²) >= 11 is 0. The van der Waals surface area contributed by atoms with Crippen molar-refractivity contribution in [1.29, 1.82) is 0 Å². The molecule has 0 radical (unpaired) electrons. The largest absolute Gasteiger partial charge is 0.481 e. The Hall–Kier alpha value is -2.24. The van der Waals surface area contributed by atoms with Crippen LogP contribution in [0.2, 0.25) is 0 Å². The molecule has 0 saturated carbocycles. The first-order valence-corrected chi connectivity index (χ1v) is 5.96. The summed E-state index contributed by atoms with van der Waals surface area (Å²) < 4.78 is 0. The van der Waals surface area contributed by atoms with Crippen molar-refractivity contribution in [2.24, 2.45) is 11.5 Å². The van der Waals surface area contributed by atoms with Crippen molar-refractivity contribution in [3.8, 4) is 0 Å². The van der Waals surface area contributed by atoms with Gasteiger partial charge in [0.25, 0.3) is 0 Å². The first-order chi connectivity index (χ1) is 9.89. The molecule has 11 heteroatoms. The van der Waals surface area contributed by atoms with E-state index in [1.807, 2.05) is 0 Å². The number of rotatable bonds is 7. The summed E-state index contributed by atoms with van der Waals surface area (Å²) in [6.07, 6.45) is -2.37. The maximum Gasteiger partial charge on any atom is 0.303 e. The molecule has 0 aromatic carbocycles. The fourth-order valence-electron chi connectivity index (χ4n) is 0.428. The van der Waals surface area contributed by atoms with Gasteiger partial charge >= 0.3 is 23.9 Å². The van der Waals surface area contributed by atoms with Crippen molar-refractivity contribution in [1.82, 2.24) is 0 Å². The van der Waals surface area contributed by atoms with Crippen molar-refractivity contribution in [3.05, 3.63) is 0 Å². The monoisotopic (exact) mass is 326 g/mol. The molecule has 0 heterocycles. The Bertz CT molecular complexity index is 293. The molecule has 0 amide bonds. The summed E-state index contributed by atoms with van der Waals surface area (Å²) in [6, 6.07) is 0. The zero-order valence-electron chi connectivity index (χ0n) is 12.0. The predicted octanol–water partition coefficient (Wildman–Crippen LogP) is -1.52. The van der Waals surface area contributed by atoms with Crippen molar-refractivity contribution < 1.29 is 44.7 Å². The minimum Gasteiger partial charge on any atom is -0.481 e. The Labute approximate surface area is 126 Å². The van der Waals surface area contributed by atoms with Crippen LogP contribution in [-0.4, -0.2) is 61.7 Å². The van der Waals surface area contributed by atoms with Crippen molar-refractivity contribution in [3.63, 3.8) is 0 Å². The lowest BCUT2D eigenvalue weighted by molar-refractivity contribution is -0.143. The van der Waals surface area contributed by atoms with E-state index in [9.17, 15) is 19.2 Å². The number of hydrogen-bond donors (Lipinski definition) is 7. The molecule has 0 spiro atoms. The summed E-state index contributed by atoms with van der Waals surface area (Å²) in [4.78, 5) is 38.6. The number of carbonyl (C=O) groups is 4. The van der Waals surface area contributed by atoms with Crippen LogP contribution < -0.4 is 11.5 Å². The molecule has 0 aromatic rings. The van der Waals surface area contributed by atoms with Gasteiger partial charge in [-0.05, 0) is 6.92 Å². The Morgan fingerprint density at radius 3 is 0.909 bits per heavy atom. The molecule has 130 valence electrons. The highest BCUT2D eigenvalue weighted by atomic mass is 16.4. The lowest BCUT2D eigenvalue weighted by Crippen LogP contribution is -2.40. The molecular formula is C11H22N2O9. The van der Waals surface area contributed by atoms with Crippen LogP contribution in [0.15, 0.2) is 0 Å². The lowest BCUT2D eigenvalue weighted by atomic mass is 10.3. The van der Waals surface area contributed by atoms with E-state index in [1.165, 1.54) is 0 Å². The molecule has 0 aromatic heterocycles. The van der Waals surface area contributed by atoms with Crippen LogP contribution in [0.25, 0.3) is 0 Å². The molecule has 0 fully saturated rings. The zero-order valence-corrected chi connectivity index (χ0v) is 12.0. The molecule has 11 nitrogen and oxygen atoms in total. The lowest BCUT2D eigenvalue weighted by Gasteiger charge is -2.05. The Balaban J connectivity index is -0.000000249. The van der Waals surface area contributed by atoms with Gasteiger partial charge in [0.1, 0.15) is 0 Å². The van der Waals surface area contributed by atoms with Crippen LogP contribution in [-0.2, 0) is 19.2 Å². The summed E-state index contributed by atoms with van der Waals surface area (Å²) in [5.74, 6) is -4.31. The fourth-order valence-corrected chi connectivity index (χ4v) is 0.428. The van der Waals surface area contributed by atoms with Gasteiger partial charge in [0, 0.05) is 0 Å². The maximum atomic E-state index is 9.64. The second-order valence-corrected chi connectivity index (χ2v) is 3.89. The normalized spacial score (nSPS) is 10.4. The Morgan fingerprint density at radius 1 is 0.727 bits per heavy atom. The van der Waals surface area contributed by atoms with E-state index in [1.54, 1.807) is 6.92 Å². The topological polar surface area (TPSA) is 221 Å². The minimum absolute atomic E-state index is 0.296. The Morgan fingerprint density at radius 2 is 0.864 bits per heavy atom. The molecule has 0 aliphatic rings. The van der Waals surface area contributed by atoms with E-state index in [0.29, 0.717) is 0 Å². The molecule has 1 atom stereocenters. The standard InChI is InChI=1S/2C4H6O4.C3H10N2O/c2*5-3(6)1-2-4(7)8;1-2(6)3(4)5/h2*1-2H2,(H,5,6)(H,7,8);2-3,6H,4-5H2,1H3. The highest BCUT2D eigenvalue weighted by Gasteiger charge is 2.01. The first kappa shape index (κ1) is 24.8. The number of carboxylic acids is 4. The number of carboxylic acid groups (broad SMARTS) is 4. The molecule has 9 N–H and O–H groups in total. The minimum atomic E-state index is -1.08. The van der Waals surface area contributed by atoms with Gasteiger partial charge < -0.3 is 37.0 Å². The molecule has 0 aliphatic carbocycles. The van der Waals surface area contributed by atoms with E-state index < -0.39 is 36.1 Å². The number of hydrogen-bond acceptors (Lipinski definition) is 7. The highest BCUT2D eigenvalue weighted by Crippen LogP contribution is 1.86. The van der Waals surface area contributed by atoms with Gasteiger partial charge in [-0.2, -0.15) is 0 Å². The van der Waals surface area contributed by atoms with Crippen molar-refractivity contribution in [2.75, 3.05) is 0 Å². The van der Waals surface area contributed by atoms with E-state index in [-0.39, 0.29) is 25.7 Å². The van der Waals surface area contributed by atoms with Crippen LogP contribution in [0.4, 0.5) is 0 Å². The van der Waals surface area contributed by atoms with Crippen molar-refractivity contribution in [2.45, 2.75) is 44.9 Å². The van der Waals surface area contributed by atoms with Gasteiger partial charge in [-0.25, -0.2) is 0 Å². The highest BCUT2D eigenvalue weighted by molar-refractivity contribution is 5.75. The predicted molar refractivity (Wildman–Crippen MR) is 72.9 cm³/mol. The van der Waals surface area contributed by atoms with Gasteiger partial charge in [0.05, 0.1) is 38.0 Å². The van der Waals surface area contributed by atoms with Crippen LogP contribution in [0.3, 0.4) is 0 Å². The van der Waals surface area contributed by atoms with E-state index in [0.717, 1.165) is 0 Å². The van der Waals surface area contributed by atoms with Gasteiger partial charge in [-0.1, -0.05) is 0 Å². The smallest absolute Gasteiger partial charge is 0.303 e. The second-order valence-electron chi connectivity index (χ2n) is 3.89. The number of aliphatic hydroxyl groups is 1. The van der Waals surface area contributed by atoms with E-state index >= 15 is 0 Å². The fraction of sp³-hybridized carbons (Fsp3) is 0.636. The molecular weight excluding hydrogens is 304 g/mol. The molecule has 0 aliphatic heterocycles. The number of nitrogens with two attached hydrogens (primary N) is 2. The second kappa shape index (κ2) is 15.2. The van der Waals surface area contributed by atoms with Crippen molar-refractivity contribution >= 4 is 23.9 Å².